The van der Waals surface area contributed by atoms with Crippen LogP contribution < -0.4 is 5.32 Å². The van der Waals surface area contributed by atoms with E-state index in [2.05, 4.69) is 17.1 Å². The fourth-order valence-corrected chi connectivity index (χ4v) is 3.07. The highest BCUT2D eigenvalue weighted by Gasteiger charge is 2.30. The number of alkyl halides is 3. The monoisotopic (exact) mass is 300 g/mol. The summed E-state index contributed by atoms with van der Waals surface area (Å²) in [6.45, 7) is 5.09. The van der Waals surface area contributed by atoms with Crippen LogP contribution in [0.3, 0.4) is 0 Å². The summed E-state index contributed by atoms with van der Waals surface area (Å²) >= 11 is 0. The van der Waals surface area contributed by atoms with E-state index in [9.17, 15) is 13.2 Å². The molecule has 0 spiro atoms. The molecule has 0 bridgehead atoms. The standard InChI is InChI=1S/C16H23F3N2/c1-12(21-9-3-4-13(11-21)10-20-2)14-5-7-15(8-6-14)16(17,18)19/h5-8,12-13,20H,3-4,9-11H2,1-2H3. The van der Waals surface area contributed by atoms with E-state index < -0.39 is 11.7 Å². The Morgan fingerprint density at radius 3 is 2.52 bits per heavy atom. The Kier molecular flexibility index (Phi) is 5.27. The first-order valence-corrected chi connectivity index (χ1v) is 7.47. The summed E-state index contributed by atoms with van der Waals surface area (Å²) in [6, 6.07) is 5.73. The summed E-state index contributed by atoms with van der Waals surface area (Å²) in [7, 11) is 1.96. The molecular formula is C16H23F3N2. The number of benzene rings is 1. The lowest BCUT2D eigenvalue weighted by Gasteiger charge is -2.37. The average Bonchev–Trinajstić information content (AvgIpc) is 2.46. The van der Waals surface area contributed by atoms with Gasteiger partial charge in [-0.05, 0) is 63.5 Å². The van der Waals surface area contributed by atoms with Crippen molar-refractivity contribution in [1.29, 1.82) is 0 Å². The number of nitrogens with zero attached hydrogens (tertiary/aromatic N) is 1. The van der Waals surface area contributed by atoms with Crippen molar-refractivity contribution in [2.45, 2.75) is 32.0 Å². The van der Waals surface area contributed by atoms with E-state index in [-0.39, 0.29) is 6.04 Å². The van der Waals surface area contributed by atoms with Crippen LogP contribution in [0.25, 0.3) is 0 Å². The van der Waals surface area contributed by atoms with E-state index in [0.717, 1.165) is 31.6 Å². The van der Waals surface area contributed by atoms with Gasteiger partial charge in [0.2, 0.25) is 0 Å². The van der Waals surface area contributed by atoms with Gasteiger partial charge in [0.25, 0.3) is 0 Å². The predicted octanol–water partition coefficient (Wildman–Crippen LogP) is 3.70. The maximum atomic E-state index is 12.6. The van der Waals surface area contributed by atoms with E-state index in [4.69, 9.17) is 0 Å². The van der Waals surface area contributed by atoms with Crippen molar-refractivity contribution in [2.75, 3.05) is 26.7 Å². The highest BCUT2D eigenvalue weighted by molar-refractivity contribution is 5.26. The Labute approximate surface area is 124 Å². The van der Waals surface area contributed by atoms with E-state index in [1.807, 2.05) is 7.05 Å². The van der Waals surface area contributed by atoms with Gasteiger partial charge in [-0.15, -0.1) is 0 Å². The van der Waals surface area contributed by atoms with Gasteiger partial charge in [-0.2, -0.15) is 13.2 Å². The van der Waals surface area contributed by atoms with Crippen LogP contribution in [0.1, 0.15) is 36.9 Å². The van der Waals surface area contributed by atoms with Gasteiger partial charge in [0.15, 0.2) is 0 Å². The van der Waals surface area contributed by atoms with Crippen molar-refractivity contribution in [3.8, 4) is 0 Å². The number of halogens is 3. The minimum absolute atomic E-state index is 0.159. The van der Waals surface area contributed by atoms with Crippen LogP contribution in [0.2, 0.25) is 0 Å². The van der Waals surface area contributed by atoms with Crippen LogP contribution >= 0.6 is 0 Å². The van der Waals surface area contributed by atoms with Crippen molar-refractivity contribution in [1.82, 2.24) is 10.2 Å². The molecule has 2 nitrogen and oxygen atoms in total. The number of rotatable bonds is 4. The Bertz CT molecular complexity index is 440. The van der Waals surface area contributed by atoms with Gasteiger partial charge in [-0.25, -0.2) is 0 Å². The van der Waals surface area contributed by atoms with Gasteiger partial charge in [-0.1, -0.05) is 12.1 Å². The smallest absolute Gasteiger partial charge is 0.319 e. The Hall–Kier alpha value is -1.07. The second-order valence-electron chi connectivity index (χ2n) is 5.86. The molecule has 2 unspecified atom stereocenters. The zero-order valence-corrected chi connectivity index (χ0v) is 12.6. The zero-order valence-electron chi connectivity index (χ0n) is 12.6. The van der Waals surface area contributed by atoms with E-state index in [1.165, 1.54) is 18.6 Å². The molecule has 1 aromatic carbocycles. The maximum absolute atomic E-state index is 12.6. The number of likely N-dealkylation sites (tertiary alicyclic amines) is 1. The first kappa shape index (κ1) is 16.3. The van der Waals surface area contributed by atoms with Gasteiger partial charge in [0.05, 0.1) is 5.56 Å². The fourth-order valence-electron chi connectivity index (χ4n) is 3.07. The molecule has 1 fully saturated rings. The Morgan fingerprint density at radius 1 is 1.29 bits per heavy atom. The molecule has 1 aromatic rings. The summed E-state index contributed by atoms with van der Waals surface area (Å²) in [5.74, 6) is 0.626. The second kappa shape index (κ2) is 6.79. The van der Waals surface area contributed by atoms with Gasteiger partial charge >= 0.3 is 6.18 Å². The summed E-state index contributed by atoms with van der Waals surface area (Å²) < 4.78 is 37.8. The molecular weight excluding hydrogens is 277 g/mol. The van der Waals surface area contributed by atoms with Crippen LogP contribution in [-0.4, -0.2) is 31.6 Å². The Morgan fingerprint density at radius 2 is 1.95 bits per heavy atom. The molecule has 0 aromatic heterocycles. The lowest BCUT2D eigenvalue weighted by Crippen LogP contribution is -2.40. The number of hydrogen-bond acceptors (Lipinski definition) is 2. The molecule has 1 N–H and O–H groups in total. The molecule has 0 amide bonds. The first-order chi connectivity index (χ1) is 9.91. The number of piperidine rings is 1. The lowest BCUT2D eigenvalue weighted by molar-refractivity contribution is -0.137. The molecule has 118 valence electrons. The third kappa shape index (κ3) is 4.20. The van der Waals surface area contributed by atoms with Crippen LogP contribution in [0.4, 0.5) is 13.2 Å². The fraction of sp³-hybridized carbons (Fsp3) is 0.625. The van der Waals surface area contributed by atoms with Gasteiger partial charge in [0, 0.05) is 12.6 Å². The summed E-state index contributed by atoms with van der Waals surface area (Å²) in [4.78, 5) is 2.37. The molecule has 0 saturated carbocycles. The second-order valence-corrected chi connectivity index (χ2v) is 5.86. The molecule has 2 rings (SSSR count). The molecule has 5 heteroatoms. The molecule has 1 saturated heterocycles. The highest BCUT2D eigenvalue weighted by atomic mass is 19.4. The quantitative estimate of drug-likeness (QED) is 0.912. The van der Waals surface area contributed by atoms with Crippen LogP contribution in [0.5, 0.6) is 0 Å². The Balaban J connectivity index is 2.03. The third-order valence-corrected chi connectivity index (χ3v) is 4.31. The van der Waals surface area contributed by atoms with Crippen molar-refractivity contribution >= 4 is 0 Å². The predicted molar refractivity (Wildman–Crippen MR) is 78.1 cm³/mol. The van der Waals surface area contributed by atoms with Gasteiger partial charge in [-0.3, -0.25) is 4.90 Å². The van der Waals surface area contributed by atoms with Gasteiger partial charge < -0.3 is 5.32 Å². The number of hydrogen-bond donors (Lipinski definition) is 1. The molecule has 1 aliphatic heterocycles. The maximum Gasteiger partial charge on any atom is 0.416 e. The summed E-state index contributed by atoms with van der Waals surface area (Å²) in [5, 5.41) is 3.21. The minimum Gasteiger partial charge on any atom is -0.319 e. The molecule has 21 heavy (non-hydrogen) atoms. The molecule has 0 radical (unpaired) electrons. The van der Waals surface area contributed by atoms with Crippen LogP contribution in [0.15, 0.2) is 24.3 Å². The lowest BCUT2D eigenvalue weighted by atomic mass is 9.95. The summed E-state index contributed by atoms with van der Waals surface area (Å²) in [6.07, 6.45) is -1.89. The molecule has 2 atom stereocenters. The minimum atomic E-state index is -4.26. The third-order valence-electron chi connectivity index (χ3n) is 4.31. The first-order valence-electron chi connectivity index (χ1n) is 7.47. The van der Waals surface area contributed by atoms with Crippen LogP contribution in [0, 0.1) is 5.92 Å². The normalized spacial score (nSPS) is 22.2. The average molecular weight is 300 g/mol. The van der Waals surface area contributed by atoms with Crippen LogP contribution in [-0.2, 0) is 6.18 Å². The van der Waals surface area contributed by atoms with Crippen molar-refractivity contribution in [2.24, 2.45) is 5.92 Å². The number of nitrogens with one attached hydrogen (secondary N) is 1. The van der Waals surface area contributed by atoms with E-state index in [1.54, 1.807) is 12.1 Å². The molecule has 1 heterocycles. The zero-order chi connectivity index (χ0) is 15.5. The molecule has 0 aliphatic carbocycles. The van der Waals surface area contributed by atoms with Crippen molar-refractivity contribution in [3.63, 3.8) is 0 Å². The highest BCUT2D eigenvalue weighted by Crippen LogP contribution is 2.31. The van der Waals surface area contributed by atoms with Gasteiger partial charge in [0.1, 0.15) is 0 Å². The SMILES string of the molecule is CNCC1CCCN(C(C)c2ccc(C(F)(F)F)cc2)C1. The topological polar surface area (TPSA) is 15.3 Å². The van der Waals surface area contributed by atoms with E-state index >= 15 is 0 Å². The van der Waals surface area contributed by atoms with E-state index in [0.29, 0.717) is 5.92 Å². The largest absolute Gasteiger partial charge is 0.416 e. The summed E-state index contributed by atoms with van der Waals surface area (Å²) in [5.41, 5.74) is 0.373. The van der Waals surface area contributed by atoms with Crippen molar-refractivity contribution < 1.29 is 13.2 Å². The van der Waals surface area contributed by atoms with Crippen molar-refractivity contribution in [3.05, 3.63) is 35.4 Å². The molecule has 1 aliphatic rings.